The molecule has 26 heavy (non-hydrogen) atoms. The second kappa shape index (κ2) is 6.72. The van der Waals surface area contributed by atoms with E-state index in [0.717, 1.165) is 32.5 Å². The van der Waals surface area contributed by atoms with E-state index < -0.39 is 0 Å². The van der Waals surface area contributed by atoms with E-state index in [1.54, 1.807) is 19.5 Å². The summed E-state index contributed by atoms with van der Waals surface area (Å²) in [5.41, 5.74) is 3.17. The lowest BCUT2D eigenvalue weighted by molar-refractivity contribution is -0.0433. The second-order valence-corrected chi connectivity index (χ2v) is 7.31. The molecule has 2 fully saturated rings. The zero-order valence-electron chi connectivity index (χ0n) is 15.4. The Morgan fingerprint density at radius 1 is 1.19 bits per heavy atom. The van der Waals surface area contributed by atoms with E-state index in [4.69, 9.17) is 4.74 Å². The average molecular weight is 351 g/mol. The van der Waals surface area contributed by atoms with Gasteiger partial charge in [0.05, 0.1) is 17.2 Å². The summed E-state index contributed by atoms with van der Waals surface area (Å²) in [6.45, 7) is 4.51. The monoisotopic (exact) mass is 351 g/mol. The molecular formula is C21H25N3O2. The normalized spacial score (nSPS) is 21.5. The number of pyridine rings is 1. The zero-order valence-corrected chi connectivity index (χ0v) is 15.4. The van der Waals surface area contributed by atoms with Crippen LogP contribution in [0.3, 0.4) is 0 Å². The van der Waals surface area contributed by atoms with Crippen LogP contribution in [0.1, 0.15) is 28.8 Å². The third-order valence-electron chi connectivity index (χ3n) is 5.94. The third-order valence-corrected chi connectivity index (χ3v) is 5.94. The highest BCUT2D eigenvalue weighted by atomic mass is 16.5. The number of amides is 1. The lowest BCUT2D eigenvalue weighted by atomic mass is 9.73. The summed E-state index contributed by atoms with van der Waals surface area (Å²) >= 11 is 0. The van der Waals surface area contributed by atoms with Crippen LogP contribution in [-0.4, -0.2) is 54.2 Å². The molecule has 1 aromatic carbocycles. The summed E-state index contributed by atoms with van der Waals surface area (Å²) in [6.07, 6.45) is 5.40. The van der Waals surface area contributed by atoms with Crippen LogP contribution in [0.15, 0.2) is 48.8 Å². The maximum Gasteiger partial charge on any atom is 0.255 e. The van der Waals surface area contributed by atoms with Crippen molar-refractivity contribution in [3.8, 4) is 0 Å². The fraction of sp³-hybridized carbons (Fsp3) is 0.429. The number of nitrogens with zero attached hydrogens (tertiary/aromatic N) is 3. The topological polar surface area (TPSA) is 45.7 Å². The van der Waals surface area contributed by atoms with E-state index in [9.17, 15) is 4.79 Å². The van der Waals surface area contributed by atoms with Gasteiger partial charge in [-0.1, -0.05) is 17.7 Å². The van der Waals surface area contributed by atoms with Crippen molar-refractivity contribution in [3.05, 3.63) is 59.9 Å². The molecule has 5 heteroatoms. The van der Waals surface area contributed by atoms with Crippen LogP contribution in [0.2, 0.25) is 0 Å². The Balaban J connectivity index is 1.50. The van der Waals surface area contributed by atoms with E-state index in [1.165, 1.54) is 11.3 Å². The lowest BCUT2D eigenvalue weighted by Gasteiger charge is -2.61. The molecule has 2 saturated heterocycles. The number of anilines is 1. The third kappa shape index (κ3) is 2.76. The Kier molecular flexibility index (Phi) is 4.41. The quantitative estimate of drug-likeness (QED) is 0.853. The van der Waals surface area contributed by atoms with Crippen molar-refractivity contribution in [1.82, 2.24) is 9.88 Å². The van der Waals surface area contributed by atoms with E-state index in [-0.39, 0.29) is 17.6 Å². The molecule has 2 aliphatic rings. The number of aromatic nitrogens is 1. The number of likely N-dealkylation sites (tertiary alicyclic amines) is 1. The molecule has 1 unspecified atom stereocenters. The van der Waals surface area contributed by atoms with Gasteiger partial charge in [-0.3, -0.25) is 9.78 Å². The van der Waals surface area contributed by atoms with E-state index in [0.29, 0.717) is 5.56 Å². The molecule has 0 bridgehead atoms. The molecule has 1 aromatic heterocycles. The summed E-state index contributed by atoms with van der Waals surface area (Å²) in [5, 5.41) is 0. The Morgan fingerprint density at radius 3 is 2.54 bits per heavy atom. The predicted molar refractivity (Wildman–Crippen MR) is 101 cm³/mol. The number of methoxy groups -OCH3 is 1. The number of carbonyl (C=O) groups is 1. The number of hydrogen-bond donors (Lipinski definition) is 0. The van der Waals surface area contributed by atoms with Crippen molar-refractivity contribution < 1.29 is 9.53 Å². The van der Waals surface area contributed by atoms with Crippen LogP contribution in [0.4, 0.5) is 5.69 Å². The molecule has 0 saturated carbocycles. The fourth-order valence-corrected chi connectivity index (χ4v) is 4.32. The van der Waals surface area contributed by atoms with Gasteiger partial charge in [0.25, 0.3) is 5.91 Å². The van der Waals surface area contributed by atoms with Crippen LogP contribution in [0.25, 0.3) is 0 Å². The van der Waals surface area contributed by atoms with E-state index in [2.05, 4.69) is 41.1 Å². The van der Waals surface area contributed by atoms with Gasteiger partial charge in [0, 0.05) is 44.8 Å². The fourth-order valence-electron chi connectivity index (χ4n) is 4.32. The minimum atomic E-state index is -0.00424. The molecule has 1 amide bonds. The summed E-state index contributed by atoms with van der Waals surface area (Å²) in [7, 11) is 1.80. The van der Waals surface area contributed by atoms with Gasteiger partial charge in [0.2, 0.25) is 0 Å². The van der Waals surface area contributed by atoms with Gasteiger partial charge in [-0.15, -0.1) is 0 Å². The van der Waals surface area contributed by atoms with Gasteiger partial charge in [0.1, 0.15) is 0 Å². The molecule has 136 valence electrons. The summed E-state index contributed by atoms with van der Waals surface area (Å²) in [6, 6.07) is 12.3. The number of piperidine rings is 1. The minimum Gasteiger partial charge on any atom is -0.377 e. The van der Waals surface area contributed by atoms with Crippen LogP contribution in [0.5, 0.6) is 0 Å². The van der Waals surface area contributed by atoms with Gasteiger partial charge in [-0.05, 0) is 44.0 Å². The van der Waals surface area contributed by atoms with Gasteiger partial charge < -0.3 is 14.5 Å². The van der Waals surface area contributed by atoms with Gasteiger partial charge in [-0.2, -0.15) is 0 Å². The van der Waals surface area contributed by atoms with Gasteiger partial charge in [0.15, 0.2) is 0 Å². The summed E-state index contributed by atoms with van der Waals surface area (Å²) in [4.78, 5) is 21.2. The number of aryl methyl sites for hydroxylation is 1. The molecule has 2 aliphatic heterocycles. The van der Waals surface area contributed by atoms with E-state index >= 15 is 0 Å². The number of carbonyl (C=O) groups excluding carboxylic acids is 1. The van der Waals surface area contributed by atoms with Gasteiger partial charge >= 0.3 is 0 Å². The highest BCUT2D eigenvalue weighted by Crippen LogP contribution is 2.44. The SMILES string of the molecule is COC1CN(c2ccc(C)cc2)C12CCN(C(=O)c1cccnc1)CC2. The van der Waals surface area contributed by atoms with Crippen molar-refractivity contribution >= 4 is 11.6 Å². The molecule has 0 radical (unpaired) electrons. The van der Waals surface area contributed by atoms with Gasteiger partial charge in [-0.25, -0.2) is 0 Å². The van der Waals surface area contributed by atoms with Crippen LogP contribution >= 0.6 is 0 Å². The van der Waals surface area contributed by atoms with Crippen molar-refractivity contribution in [2.75, 3.05) is 31.6 Å². The molecule has 4 rings (SSSR count). The zero-order chi connectivity index (χ0) is 18.1. The maximum absolute atomic E-state index is 12.7. The Morgan fingerprint density at radius 2 is 1.92 bits per heavy atom. The molecule has 0 aliphatic carbocycles. The average Bonchev–Trinajstić information content (AvgIpc) is 2.69. The predicted octanol–water partition coefficient (Wildman–Crippen LogP) is 2.90. The molecule has 5 nitrogen and oxygen atoms in total. The van der Waals surface area contributed by atoms with Crippen molar-refractivity contribution in [2.45, 2.75) is 31.4 Å². The summed E-state index contributed by atoms with van der Waals surface area (Å²) < 4.78 is 5.78. The van der Waals surface area contributed by atoms with Crippen LogP contribution < -0.4 is 4.90 Å². The number of ether oxygens (including phenoxy) is 1. The Labute approximate surface area is 154 Å². The maximum atomic E-state index is 12.7. The van der Waals surface area contributed by atoms with E-state index in [1.807, 2.05) is 17.0 Å². The van der Waals surface area contributed by atoms with Crippen LogP contribution in [0, 0.1) is 6.92 Å². The number of hydrogen-bond acceptors (Lipinski definition) is 4. The standard InChI is InChI=1S/C21H25N3O2/c1-16-5-7-18(8-6-16)24-15-19(26-2)21(24)9-12-23(13-10-21)20(25)17-4-3-11-22-14-17/h3-8,11,14,19H,9-10,12-13,15H2,1-2H3. The van der Waals surface area contributed by atoms with Crippen molar-refractivity contribution in [1.29, 1.82) is 0 Å². The number of benzene rings is 1. The smallest absolute Gasteiger partial charge is 0.255 e. The number of rotatable bonds is 3. The highest BCUT2D eigenvalue weighted by molar-refractivity contribution is 5.94. The Bertz CT molecular complexity index is 768. The second-order valence-electron chi connectivity index (χ2n) is 7.31. The van der Waals surface area contributed by atoms with Crippen LogP contribution in [-0.2, 0) is 4.74 Å². The molecule has 1 atom stereocenters. The minimum absolute atomic E-state index is 0.00424. The first-order chi connectivity index (χ1) is 12.6. The first-order valence-corrected chi connectivity index (χ1v) is 9.20. The first-order valence-electron chi connectivity index (χ1n) is 9.20. The summed E-state index contributed by atoms with van der Waals surface area (Å²) in [5.74, 6) is 0.0723. The van der Waals surface area contributed by atoms with Crippen molar-refractivity contribution in [2.24, 2.45) is 0 Å². The molecule has 1 spiro atoms. The lowest BCUT2D eigenvalue weighted by Crippen LogP contribution is -2.74. The molecule has 0 N–H and O–H groups in total. The van der Waals surface area contributed by atoms with Crippen molar-refractivity contribution in [3.63, 3.8) is 0 Å². The largest absolute Gasteiger partial charge is 0.377 e. The highest BCUT2D eigenvalue weighted by Gasteiger charge is 2.55. The molecule has 3 heterocycles. The first kappa shape index (κ1) is 17.0. The molecular weight excluding hydrogens is 326 g/mol. The Hall–Kier alpha value is -2.40. The molecule has 2 aromatic rings.